The number of nitrogens with zero attached hydrogens (tertiary/aromatic N) is 1. The number of rotatable bonds is 2. The molecule has 3 heteroatoms. The lowest BCUT2D eigenvalue weighted by molar-refractivity contribution is -0.0484. The van der Waals surface area contributed by atoms with Gasteiger partial charge in [0, 0.05) is 17.3 Å². The SMILES string of the molecule is CC.Cc1ccc(C2NCCCC23CC(c2nc(C)ccc2C)CO3)cc1. The van der Waals surface area contributed by atoms with Crippen LogP contribution in [0.2, 0.25) is 0 Å². The molecule has 4 rings (SSSR count). The Labute approximate surface area is 164 Å². The molecule has 3 unspecified atom stereocenters. The summed E-state index contributed by atoms with van der Waals surface area (Å²) in [5.41, 5.74) is 6.16. The predicted molar refractivity (Wildman–Crippen MR) is 112 cm³/mol. The minimum Gasteiger partial charge on any atom is -0.372 e. The first-order valence-electron chi connectivity index (χ1n) is 10.5. The lowest BCUT2D eigenvalue weighted by atomic mass is 9.77. The number of pyridine rings is 1. The summed E-state index contributed by atoms with van der Waals surface area (Å²) in [6.45, 7) is 12.2. The molecule has 0 radical (unpaired) electrons. The second-order valence-electron chi connectivity index (χ2n) is 7.83. The van der Waals surface area contributed by atoms with Crippen molar-refractivity contribution in [3.8, 4) is 0 Å². The third kappa shape index (κ3) is 4.09. The van der Waals surface area contributed by atoms with E-state index in [0.717, 1.165) is 31.7 Å². The maximum absolute atomic E-state index is 6.54. The van der Waals surface area contributed by atoms with Crippen molar-refractivity contribution in [3.05, 3.63) is 64.5 Å². The predicted octanol–water partition coefficient (Wildman–Crippen LogP) is 5.40. The Morgan fingerprint density at radius 1 is 1.04 bits per heavy atom. The van der Waals surface area contributed by atoms with Gasteiger partial charge in [-0.2, -0.15) is 0 Å². The Morgan fingerprint density at radius 2 is 1.78 bits per heavy atom. The summed E-state index contributed by atoms with van der Waals surface area (Å²) < 4.78 is 6.54. The van der Waals surface area contributed by atoms with E-state index >= 15 is 0 Å². The van der Waals surface area contributed by atoms with Crippen LogP contribution in [0.3, 0.4) is 0 Å². The van der Waals surface area contributed by atoms with Crippen molar-refractivity contribution in [1.29, 1.82) is 0 Å². The zero-order valence-electron chi connectivity index (χ0n) is 17.5. The lowest BCUT2D eigenvalue weighted by Crippen LogP contribution is -2.48. The topological polar surface area (TPSA) is 34.2 Å². The van der Waals surface area contributed by atoms with Crippen LogP contribution >= 0.6 is 0 Å². The molecular weight excluding hydrogens is 332 g/mol. The van der Waals surface area contributed by atoms with Crippen molar-refractivity contribution in [3.63, 3.8) is 0 Å². The fourth-order valence-electron chi connectivity index (χ4n) is 4.56. The molecule has 1 N–H and O–H groups in total. The molecule has 3 heterocycles. The van der Waals surface area contributed by atoms with Crippen molar-refractivity contribution in [2.75, 3.05) is 13.2 Å². The van der Waals surface area contributed by atoms with Gasteiger partial charge < -0.3 is 10.1 Å². The van der Waals surface area contributed by atoms with Gasteiger partial charge in [0.2, 0.25) is 0 Å². The Morgan fingerprint density at radius 3 is 2.52 bits per heavy atom. The average molecular weight is 367 g/mol. The zero-order chi connectivity index (χ0) is 19.4. The van der Waals surface area contributed by atoms with E-state index in [9.17, 15) is 0 Å². The second-order valence-corrected chi connectivity index (χ2v) is 7.83. The summed E-state index contributed by atoms with van der Waals surface area (Å²) in [6, 6.07) is 13.5. The van der Waals surface area contributed by atoms with Crippen LogP contribution in [0.25, 0.3) is 0 Å². The standard InChI is InChI=1S/C22H28N2O.C2H6/c1-15-5-9-18(10-6-15)21-22(11-4-12-23-21)13-19(14-25-22)20-16(2)7-8-17(3)24-20;1-2/h5-10,19,21,23H,4,11-14H2,1-3H3;1-2H3. The maximum atomic E-state index is 6.54. The molecule has 0 saturated carbocycles. The van der Waals surface area contributed by atoms with Gasteiger partial charge in [0.25, 0.3) is 0 Å². The van der Waals surface area contributed by atoms with Crippen LogP contribution in [0.1, 0.15) is 73.1 Å². The second kappa shape index (κ2) is 8.53. The lowest BCUT2D eigenvalue weighted by Gasteiger charge is -2.41. The van der Waals surface area contributed by atoms with E-state index in [1.807, 2.05) is 13.8 Å². The van der Waals surface area contributed by atoms with Gasteiger partial charge in [0.15, 0.2) is 0 Å². The summed E-state index contributed by atoms with van der Waals surface area (Å²) in [5, 5.41) is 3.74. The maximum Gasteiger partial charge on any atom is 0.0884 e. The largest absolute Gasteiger partial charge is 0.372 e. The third-order valence-electron chi connectivity index (χ3n) is 5.89. The molecule has 0 aliphatic carbocycles. The minimum atomic E-state index is -0.101. The van der Waals surface area contributed by atoms with Crippen molar-refractivity contribution in [2.24, 2.45) is 0 Å². The van der Waals surface area contributed by atoms with Crippen LogP contribution in [0, 0.1) is 20.8 Å². The summed E-state index contributed by atoms with van der Waals surface area (Å²) in [4.78, 5) is 4.84. The Hall–Kier alpha value is -1.71. The summed E-state index contributed by atoms with van der Waals surface area (Å²) in [5.74, 6) is 0.396. The molecule has 3 nitrogen and oxygen atoms in total. The number of hydrogen-bond donors (Lipinski definition) is 1. The number of aromatic nitrogens is 1. The van der Waals surface area contributed by atoms with Crippen molar-refractivity contribution >= 4 is 0 Å². The molecule has 2 saturated heterocycles. The van der Waals surface area contributed by atoms with Gasteiger partial charge >= 0.3 is 0 Å². The molecule has 1 aromatic heterocycles. The normalized spacial score (nSPS) is 27.3. The van der Waals surface area contributed by atoms with Crippen molar-refractivity contribution < 1.29 is 4.74 Å². The first-order valence-corrected chi connectivity index (χ1v) is 10.5. The van der Waals surface area contributed by atoms with E-state index in [0.29, 0.717) is 5.92 Å². The molecular formula is C24H34N2O. The first-order chi connectivity index (χ1) is 13.1. The number of ether oxygens (including phenoxy) is 1. The highest BCUT2D eigenvalue weighted by Crippen LogP contribution is 2.48. The summed E-state index contributed by atoms with van der Waals surface area (Å²) in [7, 11) is 0. The Kier molecular flexibility index (Phi) is 6.33. The smallest absolute Gasteiger partial charge is 0.0884 e. The molecule has 0 amide bonds. The highest BCUT2D eigenvalue weighted by Gasteiger charge is 2.49. The Bertz CT molecular complexity index is 755. The molecule has 2 aliphatic rings. The number of benzene rings is 1. The van der Waals surface area contributed by atoms with Gasteiger partial charge in [-0.3, -0.25) is 4.98 Å². The van der Waals surface area contributed by atoms with E-state index in [2.05, 4.69) is 62.5 Å². The average Bonchev–Trinajstić information content (AvgIpc) is 3.11. The minimum absolute atomic E-state index is 0.101. The van der Waals surface area contributed by atoms with Crippen LogP contribution in [-0.2, 0) is 4.74 Å². The molecule has 3 atom stereocenters. The molecule has 2 fully saturated rings. The molecule has 27 heavy (non-hydrogen) atoms. The quantitative estimate of drug-likeness (QED) is 0.772. The summed E-state index contributed by atoms with van der Waals surface area (Å²) >= 11 is 0. The van der Waals surface area contributed by atoms with Crippen LogP contribution in [0.15, 0.2) is 36.4 Å². The summed E-state index contributed by atoms with van der Waals surface area (Å²) in [6.07, 6.45) is 3.35. The van der Waals surface area contributed by atoms with Crippen LogP contribution in [0.4, 0.5) is 0 Å². The fourth-order valence-corrected chi connectivity index (χ4v) is 4.56. The first kappa shape index (κ1) is 20.0. The third-order valence-corrected chi connectivity index (χ3v) is 5.89. The van der Waals surface area contributed by atoms with E-state index in [1.165, 1.54) is 28.8 Å². The van der Waals surface area contributed by atoms with Crippen molar-refractivity contribution in [2.45, 2.75) is 71.4 Å². The van der Waals surface area contributed by atoms with E-state index in [-0.39, 0.29) is 11.6 Å². The van der Waals surface area contributed by atoms with E-state index < -0.39 is 0 Å². The van der Waals surface area contributed by atoms with Gasteiger partial charge in [0.1, 0.15) is 0 Å². The fraction of sp³-hybridized carbons (Fsp3) is 0.542. The van der Waals surface area contributed by atoms with Gasteiger partial charge in [-0.1, -0.05) is 49.7 Å². The Balaban J connectivity index is 0.00000102. The number of hydrogen-bond acceptors (Lipinski definition) is 3. The molecule has 146 valence electrons. The molecule has 0 bridgehead atoms. The number of nitrogens with one attached hydrogen (secondary N) is 1. The molecule has 1 aromatic carbocycles. The highest BCUT2D eigenvalue weighted by atomic mass is 16.5. The highest BCUT2D eigenvalue weighted by molar-refractivity contribution is 5.30. The van der Waals surface area contributed by atoms with Gasteiger partial charge in [0.05, 0.1) is 18.2 Å². The van der Waals surface area contributed by atoms with Gasteiger partial charge in [-0.25, -0.2) is 0 Å². The van der Waals surface area contributed by atoms with Crippen LogP contribution < -0.4 is 5.32 Å². The number of aryl methyl sites for hydroxylation is 3. The van der Waals surface area contributed by atoms with Crippen LogP contribution in [0.5, 0.6) is 0 Å². The molecule has 2 aliphatic heterocycles. The molecule has 2 aromatic rings. The van der Waals surface area contributed by atoms with E-state index in [1.54, 1.807) is 0 Å². The van der Waals surface area contributed by atoms with Crippen LogP contribution in [-0.4, -0.2) is 23.7 Å². The van der Waals surface area contributed by atoms with Gasteiger partial charge in [-0.05, 0) is 63.8 Å². The zero-order valence-corrected chi connectivity index (χ0v) is 17.5. The van der Waals surface area contributed by atoms with E-state index in [4.69, 9.17) is 9.72 Å². The molecule has 1 spiro atoms. The van der Waals surface area contributed by atoms with Crippen molar-refractivity contribution in [1.82, 2.24) is 10.3 Å². The van der Waals surface area contributed by atoms with Gasteiger partial charge in [-0.15, -0.1) is 0 Å². The monoisotopic (exact) mass is 366 g/mol. The number of piperidine rings is 1.